The van der Waals surface area contributed by atoms with Gasteiger partial charge < -0.3 is 0 Å². The average Bonchev–Trinajstić information content (AvgIpc) is 3.09. The van der Waals surface area contributed by atoms with Gasteiger partial charge in [0.2, 0.25) is 0 Å². The van der Waals surface area contributed by atoms with Gasteiger partial charge in [-0.15, -0.1) is 0 Å². The maximum absolute atomic E-state index is 3.55. The summed E-state index contributed by atoms with van der Waals surface area (Å²) >= 11 is 0. The van der Waals surface area contributed by atoms with Gasteiger partial charge in [-0.3, -0.25) is 0 Å². The van der Waals surface area contributed by atoms with Gasteiger partial charge in [0.15, 0.2) is 0 Å². The molecule has 1 aliphatic heterocycles. The van der Waals surface area contributed by atoms with E-state index in [1.165, 1.54) is 16.4 Å². The minimum Gasteiger partial charge on any atom is -0.245 e. The molecule has 3 aromatic carbocycles. The summed E-state index contributed by atoms with van der Waals surface area (Å²) in [6.45, 7) is 0. The number of hydrogen-bond donors (Lipinski definition) is 2. The molecule has 1 fully saturated rings. The van der Waals surface area contributed by atoms with E-state index >= 15 is 0 Å². The fourth-order valence-electron chi connectivity index (χ4n) is 3.10. The van der Waals surface area contributed by atoms with Crippen molar-refractivity contribution in [2.75, 3.05) is 0 Å². The topological polar surface area (TPSA) is 24.1 Å². The Hall–Kier alpha value is -1.99. The summed E-state index contributed by atoms with van der Waals surface area (Å²) in [4.78, 5) is 0. The van der Waals surface area contributed by atoms with E-state index in [0.717, 1.165) is 0 Å². The number of benzene rings is 3. The number of nitrogens with one attached hydrogen (secondary N) is 2. The molecule has 0 aromatic heterocycles. The molecule has 2 atom stereocenters. The largest absolute Gasteiger partial charge is 0.245 e. The van der Waals surface area contributed by atoms with Crippen LogP contribution in [0.2, 0.25) is 0 Å². The third-order valence-electron chi connectivity index (χ3n) is 4.20. The molecule has 0 aliphatic carbocycles. The van der Waals surface area contributed by atoms with Crippen LogP contribution in [0.5, 0.6) is 0 Å². The molecular formula is C20H19N2P. The molecule has 4 rings (SSSR count). The standard InChI is InChI=1S/C20H19N2P/c1-4-10-16(11-5-1)19-21-22-20(17-12-6-2-7-13-17)23(19)18-14-8-3-9-15-18/h1-15,19-22H/t19-,20-/m0/s1. The molecule has 1 saturated heterocycles. The molecule has 1 aliphatic rings. The fraction of sp³-hybridized carbons (Fsp3) is 0.100. The lowest BCUT2D eigenvalue weighted by molar-refractivity contribution is 0.555. The maximum atomic E-state index is 3.55. The SMILES string of the molecule is c1ccc([C@H]2NN[C@H](c3ccccc3)P2c2ccccc2)cc1. The summed E-state index contributed by atoms with van der Waals surface area (Å²) in [5.74, 6) is 0.637. The summed E-state index contributed by atoms with van der Waals surface area (Å²) in [5, 5.41) is 1.42. The van der Waals surface area contributed by atoms with Crippen LogP contribution in [-0.2, 0) is 0 Å². The van der Waals surface area contributed by atoms with E-state index in [0.29, 0.717) is 11.6 Å². The van der Waals surface area contributed by atoms with Crippen molar-refractivity contribution in [2.45, 2.75) is 11.6 Å². The second-order valence-electron chi connectivity index (χ2n) is 5.66. The Labute approximate surface area is 138 Å². The van der Waals surface area contributed by atoms with Gasteiger partial charge in [0.25, 0.3) is 0 Å². The molecule has 1 heterocycles. The lowest BCUT2D eigenvalue weighted by Crippen LogP contribution is -2.26. The smallest absolute Gasteiger partial charge is 0.0717 e. The Morgan fingerprint density at radius 2 is 0.913 bits per heavy atom. The van der Waals surface area contributed by atoms with E-state index in [1.54, 1.807) is 0 Å². The third-order valence-corrected chi connectivity index (χ3v) is 7.06. The Morgan fingerprint density at radius 1 is 0.522 bits per heavy atom. The summed E-state index contributed by atoms with van der Waals surface area (Å²) in [6.07, 6.45) is 0. The first-order valence-electron chi connectivity index (χ1n) is 7.88. The molecule has 0 bridgehead atoms. The highest BCUT2D eigenvalue weighted by molar-refractivity contribution is 7.66. The van der Waals surface area contributed by atoms with E-state index in [2.05, 4.69) is 102 Å². The highest BCUT2D eigenvalue weighted by Gasteiger charge is 2.37. The van der Waals surface area contributed by atoms with Crippen molar-refractivity contribution in [3.05, 3.63) is 102 Å². The molecule has 0 spiro atoms. The zero-order valence-corrected chi connectivity index (χ0v) is 13.7. The van der Waals surface area contributed by atoms with Gasteiger partial charge in [0.1, 0.15) is 0 Å². The summed E-state index contributed by atoms with van der Waals surface area (Å²) < 4.78 is 0. The zero-order chi connectivity index (χ0) is 15.5. The van der Waals surface area contributed by atoms with Crippen LogP contribution in [0.15, 0.2) is 91.0 Å². The van der Waals surface area contributed by atoms with Gasteiger partial charge in [0.05, 0.1) is 11.6 Å². The molecule has 2 nitrogen and oxygen atoms in total. The highest BCUT2D eigenvalue weighted by Crippen LogP contribution is 2.61. The Balaban J connectivity index is 1.77. The van der Waals surface area contributed by atoms with Crippen LogP contribution >= 0.6 is 7.92 Å². The molecule has 3 aromatic rings. The second-order valence-corrected chi connectivity index (χ2v) is 8.02. The van der Waals surface area contributed by atoms with Crippen molar-refractivity contribution >= 4 is 13.2 Å². The van der Waals surface area contributed by atoms with E-state index in [9.17, 15) is 0 Å². The van der Waals surface area contributed by atoms with Gasteiger partial charge >= 0.3 is 0 Å². The van der Waals surface area contributed by atoms with E-state index in [1.807, 2.05) is 0 Å². The molecule has 23 heavy (non-hydrogen) atoms. The van der Waals surface area contributed by atoms with Crippen molar-refractivity contribution in [1.82, 2.24) is 10.9 Å². The third kappa shape index (κ3) is 2.94. The van der Waals surface area contributed by atoms with Crippen LogP contribution in [0.1, 0.15) is 22.7 Å². The highest BCUT2D eigenvalue weighted by atomic mass is 31.1. The van der Waals surface area contributed by atoms with Crippen LogP contribution in [0.4, 0.5) is 0 Å². The molecule has 0 radical (unpaired) electrons. The van der Waals surface area contributed by atoms with Crippen LogP contribution in [0.25, 0.3) is 0 Å². The van der Waals surface area contributed by atoms with Crippen molar-refractivity contribution in [2.24, 2.45) is 0 Å². The predicted octanol–water partition coefficient (Wildman–Crippen LogP) is 4.30. The van der Waals surface area contributed by atoms with E-state index < -0.39 is 7.92 Å². The van der Waals surface area contributed by atoms with Gasteiger partial charge in [0, 0.05) is 0 Å². The van der Waals surface area contributed by atoms with Gasteiger partial charge in [-0.25, -0.2) is 10.9 Å². The molecule has 0 saturated carbocycles. The van der Waals surface area contributed by atoms with Gasteiger partial charge in [-0.2, -0.15) is 0 Å². The molecule has 114 valence electrons. The van der Waals surface area contributed by atoms with Gasteiger partial charge in [-0.05, 0) is 24.4 Å². The maximum Gasteiger partial charge on any atom is 0.0717 e. The monoisotopic (exact) mass is 318 g/mol. The Bertz CT molecular complexity index is 699. The fourth-order valence-corrected chi connectivity index (χ4v) is 5.93. The van der Waals surface area contributed by atoms with Crippen LogP contribution in [0.3, 0.4) is 0 Å². The van der Waals surface area contributed by atoms with Crippen LogP contribution < -0.4 is 16.2 Å². The quantitative estimate of drug-likeness (QED) is 0.704. The van der Waals surface area contributed by atoms with Gasteiger partial charge in [-0.1, -0.05) is 91.0 Å². The molecule has 0 unspecified atom stereocenters. The van der Waals surface area contributed by atoms with Crippen molar-refractivity contribution < 1.29 is 0 Å². The predicted molar refractivity (Wildman–Crippen MR) is 97.6 cm³/mol. The summed E-state index contributed by atoms with van der Waals surface area (Å²) in [7, 11) is -0.442. The van der Waals surface area contributed by atoms with Crippen molar-refractivity contribution in [1.29, 1.82) is 0 Å². The summed E-state index contributed by atoms with van der Waals surface area (Å²) in [5.41, 5.74) is 9.78. The minimum absolute atomic E-state index is 0.318. The van der Waals surface area contributed by atoms with E-state index in [4.69, 9.17) is 0 Å². The van der Waals surface area contributed by atoms with Crippen LogP contribution in [-0.4, -0.2) is 0 Å². The lowest BCUT2D eigenvalue weighted by atomic mass is 10.2. The first-order chi connectivity index (χ1) is 11.4. The first kappa shape index (κ1) is 14.6. The Kier molecular flexibility index (Phi) is 4.21. The number of rotatable bonds is 3. The molecule has 3 heteroatoms. The molecule has 2 N–H and O–H groups in total. The van der Waals surface area contributed by atoms with Crippen molar-refractivity contribution in [3.8, 4) is 0 Å². The van der Waals surface area contributed by atoms with E-state index in [-0.39, 0.29) is 0 Å². The van der Waals surface area contributed by atoms with Crippen molar-refractivity contribution in [3.63, 3.8) is 0 Å². The second kappa shape index (κ2) is 6.64. The minimum atomic E-state index is -0.442. The average molecular weight is 318 g/mol. The number of hydrazine groups is 1. The lowest BCUT2D eigenvalue weighted by Gasteiger charge is -2.24. The summed E-state index contributed by atoms with van der Waals surface area (Å²) in [6, 6.07) is 32.3. The zero-order valence-electron chi connectivity index (χ0n) is 12.8. The molecular weight excluding hydrogens is 299 g/mol. The number of hydrogen-bond acceptors (Lipinski definition) is 2. The van der Waals surface area contributed by atoms with Crippen LogP contribution in [0, 0.1) is 0 Å². The normalized spacial score (nSPS) is 21.4. The Morgan fingerprint density at radius 3 is 1.35 bits per heavy atom. The first-order valence-corrected chi connectivity index (χ1v) is 9.36. The molecule has 0 amide bonds.